The Bertz CT molecular complexity index is 911. The molecule has 2 heterocycles. The van der Waals surface area contributed by atoms with Gasteiger partial charge >= 0.3 is 5.97 Å². The summed E-state index contributed by atoms with van der Waals surface area (Å²) in [6.07, 6.45) is 1.77. The molecule has 116 valence electrons. The first-order valence-electron chi connectivity index (χ1n) is 7.12. The predicted molar refractivity (Wildman–Crippen MR) is 85.3 cm³/mol. The number of nitrogens with zero attached hydrogens (tertiary/aromatic N) is 3. The number of benzene rings is 1. The molecule has 0 aliphatic carbocycles. The molecule has 0 aliphatic heterocycles. The standard InChI is InChI=1S/C17H15N3O3/c1-10-3-4-13(8-18-10)12-5-6-15-14(7-12)17(11(2)21)19-20(15)9-16(22)23/h3-8H,9H2,1-2H3,(H,22,23). The van der Waals surface area contributed by atoms with Crippen LogP contribution in [0.5, 0.6) is 0 Å². The van der Waals surface area contributed by atoms with E-state index in [1.807, 2.05) is 31.2 Å². The Morgan fingerprint density at radius 1 is 1.17 bits per heavy atom. The van der Waals surface area contributed by atoms with Gasteiger partial charge in [-0.15, -0.1) is 0 Å². The lowest BCUT2D eigenvalue weighted by Crippen LogP contribution is -2.10. The molecular weight excluding hydrogens is 294 g/mol. The van der Waals surface area contributed by atoms with Crippen molar-refractivity contribution in [2.45, 2.75) is 20.4 Å². The summed E-state index contributed by atoms with van der Waals surface area (Å²) in [5.74, 6) is -1.20. The number of carboxylic acid groups (broad SMARTS) is 1. The fourth-order valence-electron chi connectivity index (χ4n) is 2.51. The number of hydrogen-bond acceptors (Lipinski definition) is 4. The molecule has 1 N–H and O–H groups in total. The molecule has 1 aromatic carbocycles. The molecule has 3 rings (SSSR count). The Kier molecular flexibility index (Phi) is 3.65. The van der Waals surface area contributed by atoms with Crippen molar-refractivity contribution in [1.29, 1.82) is 0 Å². The molecule has 0 fully saturated rings. The van der Waals surface area contributed by atoms with Crippen molar-refractivity contribution in [2.24, 2.45) is 0 Å². The van der Waals surface area contributed by atoms with Gasteiger partial charge in [-0.2, -0.15) is 5.10 Å². The van der Waals surface area contributed by atoms with Gasteiger partial charge in [0.1, 0.15) is 12.2 Å². The number of fused-ring (bicyclic) bond motifs is 1. The van der Waals surface area contributed by atoms with Gasteiger partial charge in [-0.3, -0.25) is 19.3 Å². The van der Waals surface area contributed by atoms with Crippen molar-refractivity contribution >= 4 is 22.7 Å². The Labute approximate surface area is 132 Å². The molecule has 6 nitrogen and oxygen atoms in total. The Hall–Kier alpha value is -3.02. The van der Waals surface area contributed by atoms with E-state index in [-0.39, 0.29) is 18.0 Å². The fraction of sp³-hybridized carbons (Fsp3) is 0.176. The molecule has 0 aliphatic rings. The van der Waals surface area contributed by atoms with Crippen molar-refractivity contribution in [3.05, 3.63) is 47.9 Å². The van der Waals surface area contributed by atoms with Crippen molar-refractivity contribution in [1.82, 2.24) is 14.8 Å². The van der Waals surface area contributed by atoms with E-state index in [4.69, 9.17) is 5.11 Å². The highest BCUT2D eigenvalue weighted by atomic mass is 16.4. The summed E-state index contributed by atoms with van der Waals surface area (Å²) in [5, 5.41) is 13.8. The maximum atomic E-state index is 11.8. The zero-order valence-corrected chi connectivity index (χ0v) is 12.8. The number of rotatable bonds is 4. The number of carboxylic acids is 1. The summed E-state index contributed by atoms with van der Waals surface area (Å²) in [7, 11) is 0. The second-order valence-corrected chi connectivity index (χ2v) is 5.38. The van der Waals surface area contributed by atoms with Crippen LogP contribution in [0.1, 0.15) is 23.1 Å². The topological polar surface area (TPSA) is 85.1 Å². The summed E-state index contributed by atoms with van der Waals surface area (Å²) < 4.78 is 1.34. The molecule has 0 spiro atoms. The van der Waals surface area contributed by atoms with Crippen molar-refractivity contribution < 1.29 is 14.7 Å². The highest BCUT2D eigenvalue weighted by Crippen LogP contribution is 2.26. The molecule has 23 heavy (non-hydrogen) atoms. The van der Waals surface area contributed by atoms with Crippen molar-refractivity contribution in [2.75, 3.05) is 0 Å². The average molecular weight is 309 g/mol. The Morgan fingerprint density at radius 3 is 2.52 bits per heavy atom. The molecule has 0 saturated heterocycles. The van der Waals surface area contributed by atoms with E-state index in [1.54, 1.807) is 12.3 Å². The third-order valence-electron chi connectivity index (χ3n) is 3.61. The first kappa shape index (κ1) is 14.9. The van der Waals surface area contributed by atoms with Crippen LogP contribution in [-0.4, -0.2) is 31.6 Å². The molecule has 3 aromatic rings. The summed E-state index contributed by atoms with van der Waals surface area (Å²) >= 11 is 0. The van der Waals surface area contributed by atoms with Gasteiger partial charge in [0.15, 0.2) is 5.78 Å². The second kappa shape index (κ2) is 5.64. The van der Waals surface area contributed by atoms with Gasteiger partial charge in [-0.25, -0.2) is 0 Å². The average Bonchev–Trinajstić information content (AvgIpc) is 2.85. The monoisotopic (exact) mass is 309 g/mol. The lowest BCUT2D eigenvalue weighted by atomic mass is 10.0. The van der Waals surface area contributed by atoms with Crippen LogP contribution in [0, 0.1) is 6.92 Å². The van der Waals surface area contributed by atoms with Gasteiger partial charge in [0, 0.05) is 29.8 Å². The maximum Gasteiger partial charge on any atom is 0.325 e. The van der Waals surface area contributed by atoms with Crippen LogP contribution in [0.2, 0.25) is 0 Å². The highest BCUT2D eigenvalue weighted by Gasteiger charge is 2.16. The van der Waals surface area contributed by atoms with Crippen LogP contribution in [0.25, 0.3) is 22.0 Å². The Balaban J connectivity index is 2.18. The number of ketones is 1. The van der Waals surface area contributed by atoms with Gasteiger partial charge in [0.2, 0.25) is 0 Å². The molecule has 0 radical (unpaired) electrons. The molecule has 0 amide bonds. The quantitative estimate of drug-likeness (QED) is 0.749. The van der Waals surface area contributed by atoms with Crippen LogP contribution in [0.15, 0.2) is 36.5 Å². The number of carbonyl (C=O) groups excluding carboxylic acids is 1. The van der Waals surface area contributed by atoms with Crippen molar-refractivity contribution in [3.8, 4) is 11.1 Å². The Morgan fingerprint density at radius 2 is 1.91 bits per heavy atom. The van der Waals surface area contributed by atoms with E-state index >= 15 is 0 Å². The van der Waals surface area contributed by atoms with E-state index in [1.165, 1.54) is 11.6 Å². The zero-order valence-electron chi connectivity index (χ0n) is 12.8. The minimum absolute atomic E-state index is 0.196. The van der Waals surface area contributed by atoms with Crippen LogP contribution < -0.4 is 0 Å². The predicted octanol–water partition coefficient (Wildman–Crippen LogP) is 2.69. The summed E-state index contributed by atoms with van der Waals surface area (Å²) in [6, 6.07) is 9.38. The summed E-state index contributed by atoms with van der Waals surface area (Å²) in [6.45, 7) is 3.05. The molecule has 0 bridgehead atoms. The zero-order chi connectivity index (χ0) is 16.6. The highest BCUT2D eigenvalue weighted by molar-refractivity contribution is 6.06. The SMILES string of the molecule is CC(=O)c1nn(CC(=O)O)c2ccc(-c3ccc(C)nc3)cc12. The molecule has 0 atom stereocenters. The van der Waals surface area contributed by atoms with Gasteiger partial charge in [0.25, 0.3) is 0 Å². The molecule has 6 heteroatoms. The lowest BCUT2D eigenvalue weighted by molar-refractivity contribution is -0.137. The van der Waals surface area contributed by atoms with E-state index in [2.05, 4.69) is 10.1 Å². The number of aliphatic carboxylic acids is 1. The van der Waals surface area contributed by atoms with E-state index in [9.17, 15) is 9.59 Å². The summed E-state index contributed by atoms with van der Waals surface area (Å²) in [4.78, 5) is 27.0. The first-order chi connectivity index (χ1) is 11.0. The largest absolute Gasteiger partial charge is 0.480 e. The number of carbonyl (C=O) groups is 2. The maximum absolute atomic E-state index is 11.8. The number of aryl methyl sites for hydroxylation is 1. The lowest BCUT2D eigenvalue weighted by Gasteiger charge is -2.03. The number of aromatic nitrogens is 3. The van der Waals surface area contributed by atoms with Gasteiger partial charge < -0.3 is 5.11 Å². The number of pyridine rings is 1. The number of hydrogen-bond donors (Lipinski definition) is 1. The van der Waals surface area contributed by atoms with Gasteiger partial charge in [0.05, 0.1) is 5.52 Å². The normalized spacial score (nSPS) is 10.9. The second-order valence-electron chi connectivity index (χ2n) is 5.38. The summed E-state index contributed by atoms with van der Waals surface area (Å²) in [5.41, 5.74) is 3.67. The van der Waals surface area contributed by atoms with Crippen LogP contribution >= 0.6 is 0 Å². The molecular formula is C17H15N3O3. The fourth-order valence-corrected chi connectivity index (χ4v) is 2.51. The van der Waals surface area contributed by atoms with E-state index < -0.39 is 5.97 Å². The number of Topliss-reactive ketones (excluding diaryl/α,β-unsaturated/α-hetero) is 1. The van der Waals surface area contributed by atoms with Crippen molar-refractivity contribution in [3.63, 3.8) is 0 Å². The van der Waals surface area contributed by atoms with Crippen LogP contribution in [0.4, 0.5) is 0 Å². The smallest absolute Gasteiger partial charge is 0.325 e. The molecule has 2 aromatic heterocycles. The molecule has 0 saturated carbocycles. The minimum atomic E-state index is -1.00. The van der Waals surface area contributed by atoms with Gasteiger partial charge in [-0.05, 0) is 30.7 Å². The van der Waals surface area contributed by atoms with E-state index in [0.717, 1.165) is 16.8 Å². The van der Waals surface area contributed by atoms with Crippen LogP contribution in [-0.2, 0) is 11.3 Å². The van der Waals surface area contributed by atoms with Crippen LogP contribution in [0.3, 0.4) is 0 Å². The molecule has 0 unspecified atom stereocenters. The third-order valence-corrected chi connectivity index (χ3v) is 3.61. The van der Waals surface area contributed by atoms with E-state index in [0.29, 0.717) is 10.9 Å². The van der Waals surface area contributed by atoms with Gasteiger partial charge in [-0.1, -0.05) is 12.1 Å². The minimum Gasteiger partial charge on any atom is -0.480 e. The third kappa shape index (κ3) is 2.83. The first-order valence-corrected chi connectivity index (χ1v) is 7.12.